The summed E-state index contributed by atoms with van der Waals surface area (Å²) in [7, 11) is 0. The Kier molecular flexibility index (Phi) is 4.11. The van der Waals surface area contributed by atoms with Crippen molar-refractivity contribution in [2.75, 3.05) is 5.32 Å². The second-order valence-corrected chi connectivity index (χ2v) is 5.87. The van der Waals surface area contributed by atoms with Gasteiger partial charge in [0.25, 0.3) is 5.91 Å². The van der Waals surface area contributed by atoms with E-state index in [1.807, 2.05) is 13.0 Å². The first kappa shape index (κ1) is 15.6. The fourth-order valence-corrected chi connectivity index (χ4v) is 2.45. The van der Waals surface area contributed by atoms with E-state index in [-0.39, 0.29) is 11.2 Å². The predicted molar refractivity (Wildman–Crippen MR) is 91.6 cm³/mol. The van der Waals surface area contributed by atoms with Crippen molar-refractivity contribution >= 4 is 45.8 Å². The summed E-state index contributed by atoms with van der Waals surface area (Å²) in [5.74, 6) is -0.611. The lowest BCUT2D eigenvalue weighted by molar-refractivity contribution is 0.0997. The third kappa shape index (κ3) is 3.23. The van der Waals surface area contributed by atoms with Crippen molar-refractivity contribution in [1.82, 2.24) is 0 Å². The summed E-state index contributed by atoms with van der Waals surface area (Å²) >= 11 is 11.7. The average Bonchev–Trinajstić information content (AvgIpc) is 2.51. The van der Waals surface area contributed by atoms with Crippen LogP contribution in [0.2, 0.25) is 10.0 Å². The monoisotopic (exact) mass is 347 g/mol. The van der Waals surface area contributed by atoms with Crippen molar-refractivity contribution < 1.29 is 9.21 Å². The average molecular weight is 348 g/mol. The number of fused-ring (bicyclic) bond motifs is 1. The van der Waals surface area contributed by atoms with Crippen molar-refractivity contribution in [3.8, 4) is 0 Å². The van der Waals surface area contributed by atoms with Crippen LogP contribution >= 0.6 is 23.2 Å². The highest BCUT2D eigenvalue weighted by Crippen LogP contribution is 2.25. The third-order valence-electron chi connectivity index (χ3n) is 3.28. The summed E-state index contributed by atoms with van der Waals surface area (Å²) in [6, 6.07) is 11.1. The van der Waals surface area contributed by atoms with Crippen molar-refractivity contribution in [2.45, 2.75) is 6.92 Å². The van der Waals surface area contributed by atoms with E-state index in [2.05, 4.69) is 5.32 Å². The molecule has 0 spiro atoms. The summed E-state index contributed by atoms with van der Waals surface area (Å²) in [6.45, 7) is 1.88. The fraction of sp³-hybridized carbons (Fsp3) is 0.0588. The lowest BCUT2D eigenvalue weighted by atomic mass is 10.1. The Hall–Kier alpha value is -2.30. The highest BCUT2D eigenvalue weighted by molar-refractivity contribution is 6.42. The van der Waals surface area contributed by atoms with Crippen LogP contribution in [0.25, 0.3) is 11.0 Å². The number of hydrogen-bond donors (Lipinski definition) is 1. The zero-order valence-corrected chi connectivity index (χ0v) is 13.5. The Morgan fingerprint density at radius 3 is 2.57 bits per heavy atom. The van der Waals surface area contributed by atoms with Crippen molar-refractivity contribution in [1.29, 1.82) is 0 Å². The van der Waals surface area contributed by atoms with Gasteiger partial charge < -0.3 is 9.73 Å². The van der Waals surface area contributed by atoms with Gasteiger partial charge >= 0.3 is 0 Å². The molecule has 0 bridgehead atoms. The van der Waals surface area contributed by atoms with Crippen LogP contribution in [-0.2, 0) is 0 Å². The van der Waals surface area contributed by atoms with E-state index in [0.29, 0.717) is 26.7 Å². The second kappa shape index (κ2) is 6.07. The number of halogens is 2. The van der Waals surface area contributed by atoms with E-state index in [4.69, 9.17) is 27.6 Å². The molecule has 0 aliphatic heterocycles. The summed E-state index contributed by atoms with van der Waals surface area (Å²) in [5.41, 5.74) is 1.49. The maximum atomic E-state index is 12.3. The molecular weight excluding hydrogens is 337 g/mol. The Balaban J connectivity index is 1.96. The largest absolute Gasteiger partial charge is 0.451 e. The van der Waals surface area contributed by atoms with E-state index in [0.717, 1.165) is 5.56 Å². The SMILES string of the molecule is Cc1ccc2oc(C(=O)Nc3ccc(Cl)c(Cl)c3)cc(=O)c2c1. The van der Waals surface area contributed by atoms with Crippen LogP contribution < -0.4 is 10.7 Å². The topological polar surface area (TPSA) is 59.3 Å². The molecule has 0 aliphatic carbocycles. The molecule has 0 saturated heterocycles. The summed E-state index contributed by atoms with van der Waals surface area (Å²) in [5, 5.41) is 3.76. The van der Waals surface area contributed by atoms with Crippen LogP contribution in [0.3, 0.4) is 0 Å². The van der Waals surface area contributed by atoms with Crippen LogP contribution in [0.5, 0.6) is 0 Å². The zero-order chi connectivity index (χ0) is 16.6. The Morgan fingerprint density at radius 1 is 1.04 bits per heavy atom. The van der Waals surface area contributed by atoms with Gasteiger partial charge in [0.05, 0.1) is 15.4 Å². The molecule has 0 saturated carbocycles. The third-order valence-corrected chi connectivity index (χ3v) is 4.02. The smallest absolute Gasteiger partial charge is 0.291 e. The van der Waals surface area contributed by atoms with Crippen molar-refractivity contribution in [3.05, 3.63) is 74.1 Å². The molecule has 0 radical (unpaired) electrons. The van der Waals surface area contributed by atoms with Gasteiger partial charge in [-0.1, -0.05) is 34.8 Å². The number of benzene rings is 2. The van der Waals surface area contributed by atoms with Gasteiger partial charge in [0.1, 0.15) is 5.58 Å². The molecule has 3 rings (SSSR count). The van der Waals surface area contributed by atoms with E-state index in [9.17, 15) is 9.59 Å². The minimum atomic E-state index is -0.539. The number of carbonyl (C=O) groups excluding carboxylic acids is 1. The molecule has 3 aromatic rings. The minimum Gasteiger partial charge on any atom is -0.451 e. The quantitative estimate of drug-likeness (QED) is 0.733. The Morgan fingerprint density at radius 2 is 1.83 bits per heavy atom. The normalized spacial score (nSPS) is 10.7. The van der Waals surface area contributed by atoms with Gasteiger partial charge in [-0.25, -0.2) is 0 Å². The van der Waals surface area contributed by atoms with Crippen molar-refractivity contribution in [2.24, 2.45) is 0 Å². The number of hydrogen-bond acceptors (Lipinski definition) is 3. The lowest BCUT2D eigenvalue weighted by Crippen LogP contribution is -2.15. The van der Waals surface area contributed by atoms with Gasteiger partial charge in [0, 0.05) is 11.8 Å². The summed E-state index contributed by atoms with van der Waals surface area (Å²) in [4.78, 5) is 24.4. The molecule has 0 fully saturated rings. The molecule has 1 N–H and O–H groups in total. The van der Waals surface area contributed by atoms with Gasteiger partial charge in [0.2, 0.25) is 0 Å². The molecule has 2 aromatic carbocycles. The zero-order valence-electron chi connectivity index (χ0n) is 12.0. The lowest BCUT2D eigenvalue weighted by Gasteiger charge is -2.06. The molecule has 4 nitrogen and oxygen atoms in total. The minimum absolute atomic E-state index is 0.0718. The molecule has 0 unspecified atom stereocenters. The predicted octanol–water partition coefficient (Wildman–Crippen LogP) is 4.66. The number of amides is 1. The molecule has 1 heterocycles. The first-order chi connectivity index (χ1) is 10.9. The molecule has 6 heteroatoms. The maximum Gasteiger partial charge on any atom is 0.291 e. The Labute approximate surface area is 141 Å². The van der Waals surface area contributed by atoms with Gasteiger partial charge in [0.15, 0.2) is 11.2 Å². The van der Waals surface area contributed by atoms with Gasteiger partial charge in [-0.15, -0.1) is 0 Å². The van der Waals surface area contributed by atoms with Crippen LogP contribution in [0, 0.1) is 6.92 Å². The van der Waals surface area contributed by atoms with Crippen molar-refractivity contribution in [3.63, 3.8) is 0 Å². The second-order valence-electron chi connectivity index (χ2n) is 5.06. The molecular formula is C17H11Cl2NO3. The highest BCUT2D eigenvalue weighted by Gasteiger charge is 2.13. The fourth-order valence-electron chi connectivity index (χ4n) is 2.15. The number of nitrogens with one attached hydrogen (secondary N) is 1. The number of anilines is 1. The number of carbonyl (C=O) groups is 1. The highest BCUT2D eigenvalue weighted by atomic mass is 35.5. The maximum absolute atomic E-state index is 12.3. The van der Waals surface area contributed by atoms with Crippen LogP contribution in [0.4, 0.5) is 5.69 Å². The van der Waals surface area contributed by atoms with E-state index in [1.54, 1.807) is 24.3 Å². The first-order valence-corrected chi connectivity index (χ1v) is 7.50. The van der Waals surface area contributed by atoms with Crippen LogP contribution in [-0.4, -0.2) is 5.91 Å². The molecule has 0 atom stereocenters. The van der Waals surface area contributed by atoms with E-state index < -0.39 is 5.91 Å². The van der Waals surface area contributed by atoms with Gasteiger partial charge in [-0.05, 0) is 37.3 Å². The molecule has 116 valence electrons. The number of aryl methyl sites for hydroxylation is 1. The molecule has 1 amide bonds. The summed E-state index contributed by atoms with van der Waals surface area (Å²) in [6.07, 6.45) is 0. The summed E-state index contributed by atoms with van der Waals surface area (Å²) < 4.78 is 5.51. The van der Waals surface area contributed by atoms with E-state index >= 15 is 0 Å². The van der Waals surface area contributed by atoms with Crippen LogP contribution in [0.15, 0.2) is 51.7 Å². The molecule has 1 aromatic heterocycles. The van der Waals surface area contributed by atoms with Crippen LogP contribution in [0.1, 0.15) is 16.1 Å². The molecule has 23 heavy (non-hydrogen) atoms. The number of rotatable bonds is 2. The van der Waals surface area contributed by atoms with E-state index in [1.165, 1.54) is 12.1 Å². The first-order valence-electron chi connectivity index (χ1n) is 6.75. The van der Waals surface area contributed by atoms with Gasteiger partial charge in [-0.3, -0.25) is 9.59 Å². The van der Waals surface area contributed by atoms with Gasteiger partial charge in [-0.2, -0.15) is 0 Å². The standard InChI is InChI=1S/C17H11Cl2NO3/c1-9-2-5-15-11(6-9)14(21)8-16(23-15)17(22)20-10-3-4-12(18)13(19)7-10/h2-8H,1H3,(H,20,22). The molecule has 0 aliphatic rings. The Bertz CT molecular complexity index is 979.